The van der Waals surface area contributed by atoms with Gasteiger partial charge in [-0.1, -0.05) is 71.9 Å². The standard InChI is InChI=1S/C12H10ClP.2ClH.Pt/c13-14(11-7-3-1-4-8-11)12-9-5-2-6-10-12;;;/h1-10H;2*1H;/q;;;+2/p-2. The largest absolute Gasteiger partial charge is 2.00 e. The van der Waals surface area contributed by atoms with E-state index < -0.39 is 7.27 Å². The first kappa shape index (κ1) is 19.8. The van der Waals surface area contributed by atoms with Crippen LogP contribution in [0.4, 0.5) is 0 Å². The van der Waals surface area contributed by atoms with Crippen molar-refractivity contribution in [3.8, 4) is 0 Å². The zero-order chi connectivity index (χ0) is 9.80. The molecule has 0 heterocycles. The van der Waals surface area contributed by atoms with Crippen LogP contribution in [0.3, 0.4) is 0 Å². The van der Waals surface area contributed by atoms with Crippen molar-refractivity contribution < 1.29 is 45.9 Å². The molecule has 2 aromatic carbocycles. The first-order valence-electron chi connectivity index (χ1n) is 4.44. The average molecular weight is 487 g/mol. The molecule has 0 atom stereocenters. The van der Waals surface area contributed by atoms with Gasteiger partial charge in [0.05, 0.1) is 7.27 Å². The molecule has 0 saturated carbocycles. The molecule has 94 valence electrons. The van der Waals surface area contributed by atoms with Crippen molar-refractivity contribution in [1.29, 1.82) is 0 Å². The molecule has 0 aliphatic carbocycles. The quantitative estimate of drug-likeness (QED) is 0.405. The third-order valence-corrected chi connectivity index (χ3v) is 4.64. The van der Waals surface area contributed by atoms with Crippen LogP contribution in [0.5, 0.6) is 0 Å². The van der Waals surface area contributed by atoms with Gasteiger partial charge in [0.1, 0.15) is 0 Å². The van der Waals surface area contributed by atoms with Crippen LogP contribution in [-0.2, 0) is 21.1 Å². The molecular formula is C12H10Cl3PPt. The van der Waals surface area contributed by atoms with Gasteiger partial charge in [0, 0.05) is 0 Å². The Bertz CT molecular complexity index is 358. The Morgan fingerprint density at radius 1 is 0.647 bits per heavy atom. The van der Waals surface area contributed by atoms with Gasteiger partial charge in [0.2, 0.25) is 0 Å². The molecule has 0 aromatic heterocycles. The minimum absolute atomic E-state index is 0. The summed E-state index contributed by atoms with van der Waals surface area (Å²) in [5.41, 5.74) is 0. The second-order valence-corrected chi connectivity index (χ2v) is 5.56. The Balaban J connectivity index is 0. The van der Waals surface area contributed by atoms with E-state index in [0.29, 0.717) is 0 Å². The molecule has 0 saturated heterocycles. The van der Waals surface area contributed by atoms with E-state index in [1.165, 1.54) is 10.6 Å². The monoisotopic (exact) mass is 485 g/mol. The summed E-state index contributed by atoms with van der Waals surface area (Å²) in [6.45, 7) is 0. The zero-order valence-electron chi connectivity index (χ0n) is 8.67. The molecule has 0 aliphatic rings. The van der Waals surface area contributed by atoms with Crippen molar-refractivity contribution in [2.24, 2.45) is 0 Å². The molecule has 0 N–H and O–H groups in total. The summed E-state index contributed by atoms with van der Waals surface area (Å²) in [6, 6.07) is 20.4. The van der Waals surface area contributed by atoms with Crippen LogP contribution in [0.1, 0.15) is 0 Å². The predicted octanol–water partition coefficient (Wildman–Crippen LogP) is -2.72. The summed E-state index contributed by atoms with van der Waals surface area (Å²) in [4.78, 5) is 0. The molecule has 5 heteroatoms. The number of rotatable bonds is 2. The van der Waals surface area contributed by atoms with E-state index in [2.05, 4.69) is 24.3 Å². The molecule has 2 rings (SSSR count). The Morgan fingerprint density at radius 2 is 0.941 bits per heavy atom. The van der Waals surface area contributed by atoms with Gasteiger partial charge in [-0.05, 0) is 10.6 Å². The maximum absolute atomic E-state index is 6.40. The summed E-state index contributed by atoms with van der Waals surface area (Å²) in [5.74, 6) is 0. The fourth-order valence-electron chi connectivity index (χ4n) is 1.27. The fourth-order valence-corrected chi connectivity index (χ4v) is 3.11. The summed E-state index contributed by atoms with van der Waals surface area (Å²) in [7, 11) is -0.699. The summed E-state index contributed by atoms with van der Waals surface area (Å²) in [5, 5.41) is 2.41. The van der Waals surface area contributed by atoms with Crippen LogP contribution < -0.4 is 35.4 Å². The van der Waals surface area contributed by atoms with Crippen LogP contribution in [0.2, 0.25) is 0 Å². The molecule has 0 aliphatic heterocycles. The van der Waals surface area contributed by atoms with Crippen molar-refractivity contribution in [2.45, 2.75) is 0 Å². The van der Waals surface area contributed by atoms with Gasteiger partial charge in [-0.25, -0.2) is 0 Å². The molecule has 0 bridgehead atoms. The van der Waals surface area contributed by atoms with E-state index >= 15 is 0 Å². The Kier molecular flexibility index (Phi) is 12.0. The van der Waals surface area contributed by atoms with Gasteiger partial charge in [-0.3, -0.25) is 0 Å². The van der Waals surface area contributed by atoms with Crippen LogP contribution in [0.25, 0.3) is 0 Å². The number of hydrogen-bond donors (Lipinski definition) is 0. The smallest absolute Gasteiger partial charge is 1.00 e. The van der Waals surface area contributed by atoms with Crippen LogP contribution in [0.15, 0.2) is 60.7 Å². The van der Waals surface area contributed by atoms with Crippen LogP contribution in [-0.4, -0.2) is 0 Å². The molecule has 2 aromatic rings. The second-order valence-electron chi connectivity index (χ2n) is 2.95. The normalized spacial score (nSPS) is 8.59. The third-order valence-electron chi connectivity index (χ3n) is 1.97. The maximum atomic E-state index is 6.40. The first-order chi connectivity index (χ1) is 6.88. The second kappa shape index (κ2) is 10.4. The number of benzene rings is 2. The molecule has 0 radical (unpaired) electrons. The van der Waals surface area contributed by atoms with Crippen molar-refractivity contribution in [3.63, 3.8) is 0 Å². The maximum Gasteiger partial charge on any atom is 2.00 e. The topological polar surface area (TPSA) is 0 Å². The van der Waals surface area contributed by atoms with E-state index in [9.17, 15) is 0 Å². The number of halogens is 3. The Morgan fingerprint density at radius 3 is 1.24 bits per heavy atom. The molecule has 0 fully saturated rings. The van der Waals surface area contributed by atoms with Crippen molar-refractivity contribution in [3.05, 3.63) is 60.7 Å². The molecular weight excluding hydrogens is 477 g/mol. The van der Waals surface area contributed by atoms with E-state index in [1.807, 2.05) is 36.4 Å². The molecule has 0 unspecified atom stereocenters. The van der Waals surface area contributed by atoms with Gasteiger partial charge in [0.25, 0.3) is 0 Å². The third kappa shape index (κ3) is 5.73. The van der Waals surface area contributed by atoms with E-state index in [1.54, 1.807) is 0 Å². The summed E-state index contributed by atoms with van der Waals surface area (Å²) < 4.78 is 0. The van der Waals surface area contributed by atoms with Gasteiger partial charge < -0.3 is 24.8 Å². The predicted molar refractivity (Wildman–Crippen MR) is 64.9 cm³/mol. The molecule has 0 spiro atoms. The van der Waals surface area contributed by atoms with Crippen molar-refractivity contribution in [2.75, 3.05) is 0 Å². The Hall–Kier alpha value is 0.428. The minimum atomic E-state index is -0.699. The molecule has 0 amide bonds. The number of hydrogen-bond acceptors (Lipinski definition) is 0. The SMILES string of the molecule is ClP(c1ccccc1)c1ccccc1.[Cl-].[Cl-].[Pt+2]. The van der Waals surface area contributed by atoms with Gasteiger partial charge >= 0.3 is 21.1 Å². The summed E-state index contributed by atoms with van der Waals surface area (Å²) >= 11 is 6.40. The van der Waals surface area contributed by atoms with Crippen LogP contribution >= 0.6 is 18.5 Å². The Labute approximate surface area is 135 Å². The van der Waals surface area contributed by atoms with E-state index in [4.69, 9.17) is 11.2 Å². The first-order valence-corrected chi connectivity index (χ1v) is 6.68. The van der Waals surface area contributed by atoms with Gasteiger partial charge in [0.15, 0.2) is 0 Å². The summed E-state index contributed by atoms with van der Waals surface area (Å²) in [6.07, 6.45) is 0. The van der Waals surface area contributed by atoms with Crippen LogP contribution in [0, 0.1) is 0 Å². The average Bonchev–Trinajstić information content (AvgIpc) is 2.30. The van der Waals surface area contributed by atoms with E-state index in [0.717, 1.165) is 0 Å². The molecule has 17 heavy (non-hydrogen) atoms. The van der Waals surface area contributed by atoms with Gasteiger partial charge in [-0.2, -0.15) is 0 Å². The van der Waals surface area contributed by atoms with Crippen molar-refractivity contribution in [1.82, 2.24) is 0 Å². The van der Waals surface area contributed by atoms with Crippen molar-refractivity contribution >= 4 is 29.1 Å². The fraction of sp³-hybridized carbons (Fsp3) is 0. The van der Waals surface area contributed by atoms with Gasteiger partial charge in [-0.15, -0.1) is 0 Å². The van der Waals surface area contributed by atoms with E-state index in [-0.39, 0.29) is 45.9 Å². The zero-order valence-corrected chi connectivity index (χ0v) is 14.1. The molecule has 0 nitrogen and oxygen atoms in total. The minimum Gasteiger partial charge on any atom is -1.00 e.